The van der Waals surface area contributed by atoms with Crippen molar-refractivity contribution in [3.05, 3.63) is 163 Å². The van der Waals surface area contributed by atoms with E-state index >= 15 is 0 Å². The Balaban J connectivity index is 1.28. The summed E-state index contributed by atoms with van der Waals surface area (Å²) in [6.07, 6.45) is 6.60. The smallest absolute Gasteiger partial charge is 0.137 e. The molecule has 188 valence electrons. The monoisotopic (exact) mass is 503 g/mol. The molecule has 2 aliphatic rings. The van der Waals surface area contributed by atoms with E-state index in [2.05, 4.69) is 157 Å². The fourth-order valence-corrected chi connectivity index (χ4v) is 5.94. The van der Waals surface area contributed by atoms with Crippen molar-refractivity contribution in [3.63, 3.8) is 0 Å². The van der Waals surface area contributed by atoms with Crippen molar-refractivity contribution in [2.24, 2.45) is 0 Å². The van der Waals surface area contributed by atoms with E-state index < -0.39 is 0 Å². The van der Waals surface area contributed by atoms with E-state index in [-0.39, 0.29) is 11.5 Å². The van der Waals surface area contributed by atoms with E-state index in [0.717, 1.165) is 22.8 Å². The SMILES string of the molecule is CC12C=CC=C(c3cccc(N(c4ccccc4)c4ccc(-c5ccccc5)cc4)c3)C1Oc1ccccc12. The van der Waals surface area contributed by atoms with Crippen molar-refractivity contribution >= 4 is 22.6 Å². The number of para-hydroxylation sites is 2. The highest BCUT2D eigenvalue weighted by Crippen LogP contribution is 2.50. The zero-order valence-corrected chi connectivity index (χ0v) is 21.9. The number of hydrogen-bond acceptors (Lipinski definition) is 2. The summed E-state index contributed by atoms with van der Waals surface area (Å²) in [5.74, 6) is 0.975. The number of nitrogens with zero attached hydrogens (tertiary/aromatic N) is 1. The van der Waals surface area contributed by atoms with Crippen molar-refractivity contribution in [2.45, 2.75) is 18.4 Å². The van der Waals surface area contributed by atoms with Gasteiger partial charge in [-0.1, -0.05) is 109 Å². The molecule has 2 atom stereocenters. The first-order valence-corrected chi connectivity index (χ1v) is 13.5. The van der Waals surface area contributed by atoms with Crippen molar-refractivity contribution < 1.29 is 4.74 Å². The normalized spacial score (nSPS) is 19.0. The van der Waals surface area contributed by atoms with Gasteiger partial charge in [0.25, 0.3) is 0 Å². The van der Waals surface area contributed by atoms with Gasteiger partial charge in [-0.3, -0.25) is 0 Å². The predicted molar refractivity (Wildman–Crippen MR) is 162 cm³/mol. The highest BCUT2D eigenvalue weighted by molar-refractivity contribution is 5.83. The predicted octanol–water partition coefficient (Wildman–Crippen LogP) is 9.50. The molecular formula is C37H29NO. The van der Waals surface area contributed by atoms with Gasteiger partial charge in [-0.05, 0) is 66.1 Å². The molecule has 39 heavy (non-hydrogen) atoms. The molecule has 0 bridgehead atoms. The van der Waals surface area contributed by atoms with Crippen LogP contribution in [-0.2, 0) is 5.41 Å². The van der Waals surface area contributed by atoms with Crippen LogP contribution in [0.25, 0.3) is 16.7 Å². The zero-order chi connectivity index (χ0) is 26.2. The summed E-state index contributed by atoms with van der Waals surface area (Å²) in [5, 5.41) is 0. The Morgan fingerprint density at radius 2 is 1.21 bits per heavy atom. The molecule has 5 aromatic rings. The molecule has 1 aliphatic carbocycles. The maximum atomic E-state index is 6.57. The molecule has 0 N–H and O–H groups in total. The number of anilines is 3. The molecule has 7 rings (SSSR count). The largest absolute Gasteiger partial charge is 0.484 e. The summed E-state index contributed by atoms with van der Waals surface area (Å²) in [6, 6.07) is 47.1. The van der Waals surface area contributed by atoms with E-state index in [1.807, 2.05) is 6.07 Å². The summed E-state index contributed by atoms with van der Waals surface area (Å²) in [5.41, 5.74) is 9.19. The molecule has 1 aliphatic heterocycles. The highest BCUT2D eigenvalue weighted by atomic mass is 16.5. The van der Waals surface area contributed by atoms with Crippen LogP contribution >= 0.6 is 0 Å². The minimum atomic E-state index is -0.191. The van der Waals surface area contributed by atoms with Gasteiger partial charge in [0.05, 0.1) is 5.41 Å². The number of benzene rings is 5. The number of hydrogen-bond donors (Lipinski definition) is 0. The second kappa shape index (κ2) is 9.49. The third kappa shape index (κ3) is 4.06. The molecule has 2 nitrogen and oxygen atoms in total. The van der Waals surface area contributed by atoms with Crippen LogP contribution < -0.4 is 9.64 Å². The summed E-state index contributed by atoms with van der Waals surface area (Å²) < 4.78 is 6.57. The summed E-state index contributed by atoms with van der Waals surface area (Å²) in [7, 11) is 0. The number of ether oxygens (including phenoxy) is 1. The molecule has 0 saturated heterocycles. The topological polar surface area (TPSA) is 12.5 Å². The molecule has 5 aromatic carbocycles. The lowest BCUT2D eigenvalue weighted by Gasteiger charge is -2.32. The number of fused-ring (bicyclic) bond motifs is 3. The molecular weight excluding hydrogens is 474 g/mol. The molecule has 2 unspecified atom stereocenters. The molecule has 1 heterocycles. The Bertz CT molecular complexity index is 1690. The quantitative estimate of drug-likeness (QED) is 0.237. The van der Waals surface area contributed by atoms with Crippen LogP contribution in [0.1, 0.15) is 18.1 Å². The van der Waals surface area contributed by atoms with Gasteiger partial charge in [-0.15, -0.1) is 0 Å². The minimum Gasteiger partial charge on any atom is -0.484 e. The fourth-order valence-electron chi connectivity index (χ4n) is 5.94. The minimum absolute atomic E-state index is 0.0644. The Kier molecular flexibility index (Phi) is 5.67. The molecule has 0 aromatic heterocycles. The third-order valence-corrected chi connectivity index (χ3v) is 7.94. The van der Waals surface area contributed by atoms with Crippen molar-refractivity contribution in [1.82, 2.24) is 0 Å². The van der Waals surface area contributed by atoms with Crippen LogP contribution in [0.3, 0.4) is 0 Å². The van der Waals surface area contributed by atoms with E-state index in [1.165, 1.54) is 27.8 Å². The standard InChI is InChI=1S/C37H29NO/c1-37-25-11-18-33(36(37)39-35-20-9-8-19-34(35)37)29-14-10-17-32(26-29)38(30-15-6-3-7-16-30)31-23-21-28(22-24-31)27-12-4-2-5-13-27/h2-26,36H,1H3. The van der Waals surface area contributed by atoms with E-state index in [4.69, 9.17) is 4.74 Å². The Morgan fingerprint density at radius 1 is 0.590 bits per heavy atom. The second-order valence-corrected chi connectivity index (χ2v) is 10.4. The lowest BCUT2D eigenvalue weighted by Crippen LogP contribution is -2.36. The maximum Gasteiger partial charge on any atom is 0.137 e. The molecule has 0 fully saturated rings. The first-order chi connectivity index (χ1) is 19.2. The van der Waals surface area contributed by atoms with Crippen LogP contribution in [0, 0.1) is 0 Å². The highest BCUT2D eigenvalue weighted by Gasteiger charge is 2.46. The van der Waals surface area contributed by atoms with Crippen LogP contribution in [0.4, 0.5) is 17.1 Å². The lowest BCUT2D eigenvalue weighted by molar-refractivity contribution is 0.238. The van der Waals surface area contributed by atoms with Gasteiger partial charge in [-0.2, -0.15) is 0 Å². The summed E-state index contributed by atoms with van der Waals surface area (Å²) in [4.78, 5) is 2.32. The Labute approximate surface area is 230 Å². The Hall–Kier alpha value is -4.82. The van der Waals surface area contributed by atoms with Crippen LogP contribution in [0.5, 0.6) is 5.75 Å². The Morgan fingerprint density at radius 3 is 2.00 bits per heavy atom. The van der Waals surface area contributed by atoms with E-state index in [9.17, 15) is 0 Å². The average Bonchev–Trinajstić information content (AvgIpc) is 3.31. The van der Waals surface area contributed by atoms with Crippen molar-refractivity contribution in [1.29, 1.82) is 0 Å². The van der Waals surface area contributed by atoms with E-state index in [1.54, 1.807) is 0 Å². The van der Waals surface area contributed by atoms with E-state index in [0.29, 0.717) is 0 Å². The fraction of sp³-hybridized carbons (Fsp3) is 0.0811. The third-order valence-electron chi connectivity index (χ3n) is 7.94. The molecule has 2 heteroatoms. The van der Waals surface area contributed by atoms with Gasteiger partial charge >= 0.3 is 0 Å². The molecule has 0 spiro atoms. The average molecular weight is 504 g/mol. The van der Waals surface area contributed by atoms with Gasteiger partial charge in [0.2, 0.25) is 0 Å². The number of allylic oxidation sites excluding steroid dienone is 2. The first kappa shape index (κ1) is 23.3. The lowest BCUT2D eigenvalue weighted by atomic mass is 9.72. The summed E-state index contributed by atoms with van der Waals surface area (Å²) >= 11 is 0. The number of rotatable bonds is 5. The molecule has 0 radical (unpaired) electrons. The van der Waals surface area contributed by atoms with Gasteiger partial charge in [-0.25, -0.2) is 0 Å². The van der Waals surface area contributed by atoms with Crippen molar-refractivity contribution in [2.75, 3.05) is 4.90 Å². The second-order valence-electron chi connectivity index (χ2n) is 10.4. The zero-order valence-electron chi connectivity index (χ0n) is 21.9. The molecule has 0 amide bonds. The maximum absolute atomic E-state index is 6.57. The van der Waals surface area contributed by atoms with Gasteiger partial charge in [0, 0.05) is 28.2 Å². The van der Waals surface area contributed by atoms with Crippen LogP contribution in [0.2, 0.25) is 0 Å². The van der Waals surface area contributed by atoms with Crippen molar-refractivity contribution in [3.8, 4) is 16.9 Å². The van der Waals surface area contributed by atoms with Gasteiger partial charge in [0.1, 0.15) is 11.9 Å². The van der Waals surface area contributed by atoms with Crippen LogP contribution in [0.15, 0.2) is 152 Å². The van der Waals surface area contributed by atoms with Crippen LogP contribution in [-0.4, -0.2) is 6.10 Å². The first-order valence-electron chi connectivity index (χ1n) is 13.5. The van der Waals surface area contributed by atoms with Gasteiger partial charge in [0.15, 0.2) is 0 Å². The molecule has 0 saturated carbocycles. The van der Waals surface area contributed by atoms with Gasteiger partial charge < -0.3 is 9.64 Å². The summed E-state index contributed by atoms with van der Waals surface area (Å²) in [6.45, 7) is 2.28.